The quantitative estimate of drug-likeness (QED) is 0.113. The Hall–Kier alpha value is -4.63. The molecule has 19 heteroatoms. The first-order valence-electron chi connectivity index (χ1n) is 19.5. The van der Waals surface area contributed by atoms with E-state index < -0.39 is 22.3 Å². The van der Waals surface area contributed by atoms with Crippen LogP contribution < -0.4 is 15.8 Å². The van der Waals surface area contributed by atoms with Crippen LogP contribution in [0.2, 0.25) is 0 Å². The van der Waals surface area contributed by atoms with Crippen LogP contribution in [-0.4, -0.2) is 94.7 Å². The van der Waals surface area contributed by atoms with Crippen LogP contribution in [0.5, 0.6) is 0 Å². The van der Waals surface area contributed by atoms with Crippen LogP contribution in [0.25, 0.3) is 0 Å². The molecule has 0 bridgehead atoms. The maximum atomic E-state index is 13.0. The molecule has 4 fully saturated rings. The van der Waals surface area contributed by atoms with Crippen molar-refractivity contribution < 1.29 is 50.7 Å². The SMILES string of the molecule is C[C@H]1C[C@H](Nc2ncncc2C(=O)c2cc(C3CCCO3)co2)C[C@@H]1CO.NS(=O)(=O)OC[C@H]1C[C@@H](Nc2ncncc2C(=O)c2cc(C3CCCO3)co2)C[C@@H]1O. The van der Waals surface area contributed by atoms with Crippen molar-refractivity contribution in [3.63, 3.8) is 0 Å². The summed E-state index contributed by atoms with van der Waals surface area (Å²) in [5.74, 6) is 0.930. The number of aliphatic hydroxyl groups is 2. The highest BCUT2D eigenvalue weighted by Gasteiger charge is 2.36. The molecule has 8 rings (SSSR count). The Morgan fingerprint density at radius 3 is 1.81 bits per heavy atom. The summed E-state index contributed by atoms with van der Waals surface area (Å²) >= 11 is 0. The van der Waals surface area contributed by atoms with E-state index in [4.69, 9.17) is 23.4 Å². The highest BCUT2D eigenvalue weighted by atomic mass is 32.2. The Balaban J connectivity index is 0.000000178. The van der Waals surface area contributed by atoms with Crippen molar-refractivity contribution in [3.05, 3.63) is 83.5 Å². The van der Waals surface area contributed by atoms with Gasteiger partial charge in [0.25, 0.3) is 0 Å². The van der Waals surface area contributed by atoms with Crippen molar-refractivity contribution in [2.24, 2.45) is 22.9 Å². The van der Waals surface area contributed by atoms with Crippen LogP contribution in [-0.2, 0) is 24.0 Å². The third kappa shape index (κ3) is 10.1. The fourth-order valence-corrected chi connectivity index (χ4v) is 8.49. The second-order valence-corrected chi connectivity index (χ2v) is 16.6. The molecule has 0 radical (unpaired) electrons. The lowest BCUT2D eigenvalue weighted by Gasteiger charge is -2.15. The van der Waals surface area contributed by atoms with Gasteiger partial charge in [0.2, 0.25) is 11.6 Å². The van der Waals surface area contributed by atoms with E-state index in [0.29, 0.717) is 42.6 Å². The molecule has 4 aliphatic rings. The number of nitrogens with two attached hydrogens (primary N) is 1. The molecule has 2 saturated heterocycles. The first kappa shape index (κ1) is 41.5. The molecule has 4 aromatic heterocycles. The highest BCUT2D eigenvalue weighted by molar-refractivity contribution is 7.84. The van der Waals surface area contributed by atoms with Crippen molar-refractivity contribution in [3.8, 4) is 0 Å². The van der Waals surface area contributed by atoms with E-state index in [9.17, 15) is 28.2 Å². The van der Waals surface area contributed by atoms with Crippen LogP contribution >= 0.6 is 0 Å². The maximum absolute atomic E-state index is 13.0. The number of anilines is 2. The lowest BCUT2D eigenvalue weighted by Crippen LogP contribution is -2.24. The smallest absolute Gasteiger partial charge is 0.333 e. The summed E-state index contributed by atoms with van der Waals surface area (Å²) in [7, 11) is -4.08. The molecule has 2 unspecified atom stereocenters. The maximum Gasteiger partial charge on any atom is 0.333 e. The Morgan fingerprint density at radius 2 is 1.34 bits per heavy atom. The van der Waals surface area contributed by atoms with Gasteiger partial charge in [-0.2, -0.15) is 8.42 Å². The normalized spacial score (nSPS) is 27.0. The molecule has 0 amide bonds. The minimum atomic E-state index is -4.08. The van der Waals surface area contributed by atoms with Crippen molar-refractivity contribution in [1.82, 2.24) is 19.9 Å². The van der Waals surface area contributed by atoms with Crippen molar-refractivity contribution in [2.75, 3.05) is 37.1 Å². The van der Waals surface area contributed by atoms with Gasteiger partial charge in [-0.3, -0.25) is 13.8 Å². The lowest BCUT2D eigenvalue weighted by atomic mass is 10.00. The number of hydrogen-bond acceptors (Lipinski definition) is 17. The first-order chi connectivity index (χ1) is 28.0. The van der Waals surface area contributed by atoms with Crippen molar-refractivity contribution in [1.29, 1.82) is 0 Å². The zero-order chi connectivity index (χ0) is 40.8. The zero-order valence-electron chi connectivity index (χ0n) is 32.1. The molecule has 18 nitrogen and oxygen atoms in total. The third-order valence-electron chi connectivity index (χ3n) is 11.3. The topological polar surface area (TPSA) is 264 Å². The molecule has 2 aliphatic carbocycles. The van der Waals surface area contributed by atoms with Gasteiger partial charge in [-0.05, 0) is 75.3 Å². The molecule has 0 aromatic carbocycles. The van der Waals surface area contributed by atoms with Gasteiger partial charge in [0.05, 0.1) is 48.6 Å². The minimum absolute atomic E-state index is 0.00955. The number of ketones is 2. The molecular weight excluding hydrogens is 775 g/mol. The van der Waals surface area contributed by atoms with Gasteiger partial charge < -0.3 is 39.2 Å². The number of furan rings is 2. The summed E-state index contributed by atoms with van der Waals surface area (Å²) in [4.78, 5) is 42.4. The highest BCUT2D eigenvalue weighted by Crippen LogP contribution is 2.35. The van der Waals surface area contributed by atoms with Crippen LogP contribution in [0.1, 0.15) is 114 Å². The van der Waals surface area contributed by atoms with Gasteiger partial charge >= 0.3 is 10.3 Å². The summed E-state index contributed by atoms with van der Waals surface area (Å²) in [5.41, 5.74) is 2.35. The zero-order valence-corrected chi connectivity index (χ0v) is 32.9. The van der Waals surface area contributed by atoms with Gasteiger partial charge in [0.1, 0.15) is 24.3 Å². The van der Waals surface area contributed by atoms with E-state index in [0.717, 1.165) is 56.3 Å². The number of hydrogen-bond donors (Lipinski definition) is 5. The monoisotopic (exact) mass is 823 g/mol. The number of carbonyl (C=O) groups is 2. The molecular formula is C39H49N7O11S. The van der Waals surface area contributed by atoms with Crippen LogP contribution in [0.4, 0.5) is 11.6 Å². The summed E-state index contributed by atoms with van der Waals surface area (Å²) in [6.45, 7) is 3.55. The van der Waals surface area contributed by atoms with E-state index >= 15 is 0 Å². The predicted molar refractivity (Wildman–Crippen MR) is 206 cm³/mol. The summed E-state index contributed by atoms with van der Waals surface area (Å²) in [5, 5.41) is 31.1. The Bertz CT molecular complexity index is 2130. The molecule has 8 atom stereocenters. The van der Waals surface area contributed by atoms with Crippen LogP contribution in [0.15, 0.2) is 58.5 Å². The minimum Gasteiger partial charge on any atom is -0.460 e. The largest absolute Gasteiger partial charge is 0.460 e. The molecule has 4 aromatic rings. The average molecular weight is 824 g/mol. The fraction of sp³-hybridized carbons (Fsp3) is 0.538. The summed E-state index contributed by atoms with van der Waals surface area (Å²) in [6, 6.07) is 3.37. The molecule has 6 heterocycles. The standard InChI is InChI=1S/C20H25N3O4.C19H24N4O7S/c1-12-5-15(6-13(12)9-24)23-20-16(8-21-11-22-20)19(25)18-7-14(10-27-18)17-3-2-4-26-17;20-31(26,27)30-9-11-4-13(6-15(11)24)23-19-14(7-21-10-22-19)18(25)17-5-12(8-29-17)16-2-1-3-28-16/h7-8,10-13,15,17,24H,2-6,9H2,1H3,(H,21,22,23);5,7-8,10-11,13,15-16,24H,1-4,6,9H2,(H2,20,26,27)(H,21,22,23)/t12-,13+,15-,17?;11-,13-,15+,16?/m01/s1. The fourth-order valence-electron chi connectivity index (χ4n) is 8.12. The lowest BCUT2D eigenvalue weighted by molar-refractivity contribution is 0.100. The second-order valence-electron chi connectivity index (χ2n) is 15.4. The first-order valence-corrected chi connectivity index (χ1v) is 21.0. The average Bonchev–Trinajstić information content (AvgIpc) is 4.06. The van der Waals surface area contributed by atoms with Gasteiger partial charge in [-0.25, -0.2) is 25.1 Å². The Kier molecular flexibility index (Phi) is 13.3. The number of aromatic nitrogens is 4. The van der Waals surface area contributed by atoms with Crippen LogP contribution in [0.3, 0.4) is 0 Å². The Morgan fingerprint density at radius 1 is 0.828 bits per heavy atom. The van der Waals surface area contributed by atoms with E-state index in [-0.39, 0.29) is 72.1 Å². The Labute approximate surface area is 335 Å². The molecule has 0 spiro atoms. The van der Waals surface area contributed by atoms with Crippen molar-refractivity contribution in [2.45, 2.75) is 88.7 Å². The summed E-state index contributed by atoms with van der Waals surface area (Å²) in [6.07, 6.45) is 14.3. The molecule has 6 N–H and O–H groups in total. The van der Waals surface area contributed by atoms with Gasteiger partial charge in [0.15, 0.2) is 11.5 Å². The molecule has 2 saturated carbocycles. The van der Waals surface area contributed by atoms with Gasteiger partial charge in [0, 0.05) is 61.3 Å². The second kappa shape index (κ2) is 18.5. The van der Waals surface area contributed by atoms with Gasteiger partial charge in [-0.15, -0.1) is 0 Å². The van der Waals surface area contributed by atoms with Crippen molar-refractivity contribution >= 4 is 33.5 Å². The number of nitrogens with zero attached hydrogens (tertiary/aromatic N) is 4. The van der Waals surface area contributed by atoms with E-state index in [2.05, 4.69) is 41.7 Å². The number of ether oxygens (including phenoxy) is 2. The predicted octanol–water partition coefficient (Wildman–Crippen LogP) is 3.89. The van der Waals surface area contributed by atoms with E-state index in [1.165, 1.54) is 31.3 Å². The van der Waals surface area contributed by atoms with Crippen LogP contribution in [0, 0.1) is 17.8 Å². The third-order valence-corrected chi connectivity index (χ3v) is 11.7. The number of nitrogens with one attached hydrogen (secondary N) is 2. The number of carbonyl (C=O) groups excluding carboxylic acids is 2. The number of rotatable bonds is 14. The summed E-state index contributed by atoms with van der Waals surface area (Å²) < 4.78 is 48.9. The molecule has 58 heavy (non-hydrogen) atoms. The number of aliphatic hydroxyl groups excluding tert-OH is 2. The van der Waals surface area contributed by atoms with E-state index in [1.54, 1.807) is 18.4 Å². The molecule has 312 valence electrons. The molecule has 2 aliphatic heterocycles. The van der Waals surface area contributed by atoms with E-state index in [1.807, 2.05) is 0 Å². The van der Waals surface area contributed by atoms with Gasteiger partial charge in [-0.1, -0.05) is 6.92 Å².